The first-order chi connectivity index (χ1) is 24.9. The number of hydrogen-bond donors (Lipinski definition) is 6. The molecule has 14 nitrogen and oxygen atoms in total. The zero-order valence-corrected chi connectivity index (χ0v) is 34.0. The van der Waals surface area contributed by atoms with Crippen molar-refractivity contribution in [1.29, 1.82) is 0 Å². The molecule has 6 atom stereocenters. The predicted molar refractivity (Wildman–Crippen MR) is 208 cm³/mol. The van der Waals surface area contributed by atoms with Crippen LogP contribution < -0.4 is 32.7 Å². The van der Waals surface area contributed by atoms with Gasteiger partial charge in [0, 0.05) is 6.04 Å². The maximum absolute atomic E-state index is 14.3. The van der Waals surface area contributed by atoms with E-state index >= 15 is 0 Å². The van der Waals surface area contributed by atoms with Gasteiger partial charge in [-0.1, -0.05) is 0 Å². The van der Waals surface area contributed by atoms with E-state index in [1.54, 1.807) is 10.2 Å². The van der Waals surface area contributed by atoms with Gasteiger partial charge in [0.15, 0.2) is 0 Å². The van der Waals surface area contributed by atoms with Gasteiger partial charge in [0.05, 0.1) is 0 Å². The SMILES string of the molecule is CCCI1C(=O)N[C@@H](C2CCCCC2)C(=O)N[C@@H](CN)C(=O)N[C@@H](COC2CC(N)C2)C(=O)N[C@H](C)CO[C@H](CC2CCCCC2)[C@@H](C)C(=O)N1C. The molecule has 0 aromatic heterocycles. The molecule has 0 spiro atoms. The molecular weight excluding hydrogens is 781 g/mol. The Hall–Kier alpha value is -2.08. The number of carbonyl (C=O) groups excluding carboxylic acids is 5. The van der Waals surface area contributed by atoms with Crippen LogP contribution in [0.4, 0.5) is 4.79 Å². The van der Waals surface area contributed by atoms with Crippen molar-refractivity contribution in [3.05, 3.63) is 0 Å². The van der Waals surface area contributed by atoms with Crippen LogP contribution in [0.1, 0.15) is 111 Å². The fraction of sp³-hybridized carbons (Fsp3) is 0.865. The van der Waals surface area contributed by atoms with Crippen molar-refractivity contribution in [3.8, 4) is 0 Å². The summed E-state index contributed by atoms with van der Waals surface area (Å²) in [6.07, 6.45) is 12.4. The number of amides is 5. The van der Waals surface area contributed by atoms with E-state index < -0.39 is 74.0 Å². The second-order valence-electron chi connectivity index (χ2n) is 15.5. The Kier molecular flexibility index (Phi) is 17.3. The Balaban J connectivity index is 1.65. The summed E-state index contributed by atoms with van der Waals surface area (Å²) >= 11 is -2.83. The molecule has 4 aliphatic rings. The third kappa shape index (κ3) is 12.2. The molecule has 3 saturated carbocycles. The van der Waals surface area contributed by atoms with Gasteiger partial charge in [-0.15, -0.1) is 0 Å². The van der Waals surface area contributed by atoms with Crippen molar-refractivity contribution in [2.24, 2.45) is 29.2 Å². The molecule has 0 bridgehead atoms. The molecule has 52 heavy (non-hydrogen) atoms. The minimum absolute atomic E-state index is 0.0467. The first-order valence-corrected chi connectivity index (χ1v) is 23.3. The Bertz CT molecular complexity index is 1190. The molecule has 4 fully saturated rings. The van der Waals surface area contributed by atoms with Crippen LogP contribution in [0.5, 0.6) is 0 Å². The fourth-order valence-electron chi connectivity index (χ4n) is 7.84. The molecule has 1 saturated heterocycles. The van der Waals surface area contributed by atoms with Crippen molar-refractivity contribution in [1.82, 2.24) is 24.4 Å². The van der Waals surface area contributed by atoms with Gasteiger partial charge in [-0.25, -0.2) is 0 Å². The van der Waals surface area contributed by atoms with E-state index in [1.807, 2.05) is 20.8 Å². The van der Waals surface area contributed by atoms with Crippen molar-refractivity contribution in [2.75, 3.05) is 31.2 Å². The second-order valence-corrected chi connectivity index (χ2v) is 20.9. The van der Waals surface area contributed by atoms with Gasteiger partial charge in [0.25, 0.3) is 0 Å². The van der Waals surface area contributed by atoms with Crippen molar-refractivity contribution in [2.45, 2.75) is 153 Å². The number of hydrogen-bond acceptors (Lipinski definition) is 9. The molecule has 8 N–H and O–H groups in total. The number of halogens is 1. The topological polar surface area (TPSA) is 207 Å². The van der Waals surface area contributed by atoms with Crippen LogP contribution in [0.2, 0.25) is 0 Å². The Morgan fingerprint density at radius 2 is 1.46 bits per heavy atom. The van der Waals surface area contributed by atoms with Crippen LogP contribution in [-0.2, 0) is 28.7 Å². The number of alkyl halides is 1. The summed E-state index contributed by atoms with van der Waals surface area (Å²) in [7, 11) is 1.73. The van der Waals surface area contributed by atoms with E-state index in [4.69, 9.17) is 20.9 Å². The van der Waals surface area contributed by atoms with E-state index in [9.17, 15) is 24.0 Å². The molecule has 0 radical (unpaired) electrons. The van der Waals surface area contributed by atoms with Crippen molar-refractivity contribution in [3.63, 3.8) is 0 Å². The van der Waals surface area contributed by atoms with Crippen LogP contribution in [0.25, 0.3) is 0 Å². The van der Waals surface area contributed by atoms with Crippen LogP contribution in [0, 0.1) is 17.8 Å². The van der Waals surface area contributed by atoms with Crippen LogP contribution in [0.3, 0.4) is 0 Å². The molecule has 0 aromatic carbocycles. The Morgan fingerprint density at radius 3 is 2.08 bits per heavy atom. The molecule has 5 amide bonds. The maximum atomic E-state index is 14.3. The zero-order chi connectivity index (χ0) is 37.8. The first kappa shape index (κ1) is 42.7. The molecule has 0 unspecified atom stereocenters. The third-order valence-corrected chi connectivity index (χ3v) is 16.9. The van der Waals surface area contributed by atoms with Gasteiger partial charge < -0.3 is 5.73 Å². The van der Waals surface area contributed by atoms with Gasteiger partial charge in [-0.3, -0.25) is 0 Å². The van der Waals surface area contributed by atoms with Gasteiger partial charge >= 0.3 is 294 Å². The Morgan fingerprint density at radius 1 is 0.846 bits per heavy atom. The van der Waals surface area contributed by atoms with Gasteiger partial charge in [0.1, 0.15) is 0 Å². The summed E-state index contributed by atoms with van der Waals surface area (Å²) in [5.74, 6) is -1.90. The summed E-state index contributed by atoms with van der Waals surface area (Å²) in [6.45, 7) is 5.57. The summed E-state index contributed by atoms with van der Waals surface area (Å²) in [5.41, 5.74) is 12.0. The fourth-order valence-corrected chi connectivity index (χ4v) is 12.4. The number of ether oxygens (including phenoxy) is 2. The van der Waals surface area contributed by atoms with E-state index in [-0.39, 0.29) is 47.6 Å². The summed E-state index contributed by atoms with van der Waals surface area (Å²) in [5, 5.41) is 11.6. The van der Waals surface area contributed by atoms with Crippen LogP contribution in [-0.4, -0.2) is 104 Å². The molecule has 0 aromatic rings. The first-order valence-electron chi connectivity index (χ1n) is 19.8. The van der Waals surface area contributed by atoms with E-state index in [1.165, 1.54) is 6.42 Å². The van der Waals surface area contributed by atoms with E-state index in [0.29, 0.717) is 23.2 Å². The molecule has 15 heteroatoms. The van der Waals surface area contributed by atoms with Gasteiger partial charge in [-0.05, 0) is 12.8 Å². The molecule has 1 heterocycles. The van der Waals surface area contributed by atoms with Crippen molar-refractivity contribution < 1.29 is 33.4 Å². The second kappa shape index (κ2) is 21.1. The third-order valence-electron chi connectivity index (χ3n) is 11.2. The summed E-state index contributed by atoms with van der Waals surface area (Å²) in [6, 6.07) is -3.51. The molecule has 1 aliphatic heterocycles. The van der Waals surface area contributed by atoms with Crippen LogP contribution in [0.15, 0.2) is 0 Å². The monoisotopic (exact) mass is 847 g/mol. The van der Waals surface area contributed by atoms with Gasteiger partial charge in [0.2, 0.25) is 0 Å². The number of nitrogens with one attached hydrogen (secondary N) is 4. The van der Waals surface area contributed by atoms with Crippen molar-refractivity contribution >= 4 is 47.6 Å². The Labute approximate surface area is 317 Å². The number of nitrogens with two attached hydrogens (primary N) is 2. The van der Waals surface area contributed by atoms with E-state index in [0.717, 1.165) is 70.6 Å². The molecule has 4 rings (SSSR count). The molecule has 298 valence electrons. The zero-order valence-electron chi connectivity index (χ0n) is 31.8. The van der Waals surface area contributed by atoms with Gasteiger partial charge in [-0.2, -0.15) is 0 Å². The molecular formula is C37H66IN7O7. The van der Waals surface area contributed by atoms with Crippen LogP contribution >= 0.6 is 20.1 Å². The average molecular weight is 848 g/mol. The predicted octanol–water partition coefficient (Wildman–Crippen LogP) is 2.88. The van der Waals surface area contributed by atoms with E-state index in [2.05, 4.69) is 21.3 Å². The number of rotatable bonds is 9. The standard InChI is InChI=1S/C37H66IN7O7/c1-5-16-38-37(50)44-32(26-14-10-7-11-15-26)35(48)42-29(20-39)33(46)43-30(22-51-28-18-27(40)19-28)34(47)41-23(2)21-52-31(24(3)36(49)45(38)4)17-25-12-8-6-9-13-25/h23-32H,5-22,39-40H2,1-4H3,(H,41,47)(H,42,48)(H,43,46)(H,44,50)/t23-,24-,27?,28?,29+,30+,31-,32+/m1/s1. The molecule has 3 aliphatic carbocycles. The number of nitrogens with zero attached hydrogens (tertiary/aromatic N) is 1. The average Bonchev–Trinajstić information content (AvgIpc) is 3.13. The normalized spacial score (nSPS) is 33.8. The quantitative estimate of drug-likeness (QED) is 0.0663. The number of carbonyl (C=O) groups is 5. The summed E-state index contributed by atoms with van der Waals surface area (Å²) < 4.78 is 14.5. The minimum atomic E-state index is -2.83. The summed E-state index contributed by atoms with van der Waals surface area (Å²) in [4.78, 5) is 69.9.